The SMILES string of the molecule is CCCCCCC/C=C\C/C=C\CCCCCCCCCCCC(=O)OC(COC(=O)CCCCCCCCCCCCCCCCC)COP(=O)([O-])OCC[N+](C)(C)C. The van der Waals surface area contributed by atoms with Crippen molar-refractivity contribution in [3.8, 4) is 0 Å². The van der Waals surface area contributed by atoms with E-state index in [0.717, 1.165) is 51.4 Å². The summed E-state index contributed by atoms with van der Waals surface area (Å²) in [6.45, 7) is 4.25. The smallest absolute Gasteiger partial charge is 0.306 e. The van der Waals surface area contributed by atoms with Gasteiger partial charge in [0, 0.05) is 12.8 Å². The van der Waals surface area contributed by atoms with Crippen LogP contribution in [0.5, 0.6) is 0 Å². The van der Waals surface area contributed by atoms with Crippen LogP contribution < -0.4 is 4.89 Å². The van der Waals surface area contributed by atoms with Crippen LogP contribution >= 0.6 is 7.82 Å². The van der Waals surface area contributed by atoms with Gasteiger partial charge in [-0.2, -0.15) is 0 Å². The van der Waals surface area contributed by atoms with Crippen LogP contribution in [0.25, 0.3) is 0 Å². The summed E-state index contributed by atoms with van der Waals surface area (Å²) in [7, 11) is 1.17. The molecule has 0 amide bonds. The first-order valence-electron chi connectivity index (χ1n) is 25.0. The van der Waals surface area contributed by atoms with Crippen molar-refractivity contribution in [1.29, 1.82) is 0 Å². The highest BCUT2D eigenvalue weighted by Gasteiger charge is 2.21. The molecule has 0 aliphatic heterocycles. The van der Waals surface area contributed by atoms with Crippen LogP contribution in [0.4, 0.5) is 0 Å². The molecule has 9 nitrogen and oxygen atoms in total. The van der Waals surface area contributed by atoms with E-state index in [9.17, 15) is 19.0 Å². The van der Waals surface area contributed by atoms with Crippen molar-refractivity contribution >= 4 is 19.8 Å². The molecule has 0 radical (unpaired) electrons. The van der Waals surface area contributed by atoms with Crippen molar-refractivity contribution in [1.82, 2.24) is 0 Å². The summed E-state index contributed by atoms with van der Waals surface area (Å²) in [6, 6.07) is 0. The zero-order chi connectivity index (χ0) is 44.3. The summed E-state index contributed by atoms with van der Waals surface area (Å²) in [5.41, 5.74) is 0. The molecule has 0 aliphatic carbocycles. The highest BCUT2D eigenvalue weighted by molar-refractivity contribution is 7.45. The number of phosphoric ester groups is 1. The van der Waals surface area contributed by atoms with Gasteiger partial charge in [-0.3, -0.25) is 14.2 Å². The molecule has 0 saturated carbocycles. The molecule has 354 valence electrons. The maximum atomic E-state index is 12.7. The molecule has 0 fully saturated rings. The van der Waals surface area contributed by atoms with Crippen molar-refractivity contribution in [2.24, 2.45) is 0 Å². The maximum Gasteiger partial charge on any atom is 0.306 e. The number of rotatable bonds is 46. The highest BCUT2D eigenvalue weighted by Crippen LogP contribution is 2.38. The van der Waals surface area contributed by atoms with Crippen molar-refractivity contribution < 1.29 is 42.1 Å². The van der Waals surface area contributed by atoms with Gasteiger partial charge in [0.25, 0.3) is 7.82 Å². The molecular formula is C50H96NO8P. The Morgan fingerprint density at radius 2 is 0.900 bits per heavy atom. The second-order valence-corrected chi connectivity index (χ2v) is 19.6. The van der Waals surface area contributed by atoms with Crippen molar-refractivity contribution in [2.75, 3.05) is 47.5 Å². The lowest BCUT2D eigenvalue weighted by Gasteiger charge is -2.28. The summed E-state index contributed by atoms with van der Waals surface area (Å²) < 4.78 is 34.0. The predicted molar refractivity (Wildman–Crippen MR) is 250 cm³/mol. The quantitative estimate of drug-likeness (QED) is 0.0195. The van der Waals surface area contributed by atoms with Gasteiger partial charge in [-0.25, -0.2) is 0 Å². The minimum Gasteiger partial charge on any atom is -0.756 e. The second kappa shape index (κ2) is 42.8. The summed E-state index contributed by atoms with van der Waals surface area (Å²) >= 11 is 0. The molecule has 60 heavy (non-hydrogen) atoms. The third kappa shape index (κ3) is 46.0. The molecular weight excluding hydrogens is 774 g/mol. The van der Waals surface area contributed by atoms with Crippen molar-refractivity contribution in [2.45, 2.75) is 238 Å². The summed E-state index contributed by atoms with van der Waals surface area (Å²) in [5, 5.41) is 0. The van der Waals surface area contributed by atoms with Gasteiger partial charge in [-0.15, -0.1) is 0 Å². The number of likely N-dealkylation sites (N-methyl/N-ethyl adjacent to an activating group) is 1. The average Bonchev–Trinajstić information content (AvgIpc) is 3.20. The minimum atomic E-state index is -4.63. The zero-order valence-electron chi connectivity index (χ0n) is 39.9. The molecule has 0 aromatic heterocycles. The molecule has 0 N–H and O–H groups in total. The Morgan fingerprint density at radius 3 is 1.32 bits per heavy atom. The number of phosphoric acid groups is 1. The number of quaternary nitrogens is 1. The molecule has 0 aliphatic rings. The molecule has 0 heterocycles. The zero-order valence-corrected chi connectivity index (χ0v) is 40.8. The van der Waals surface area contributed by atoms with Gasteiger partial charge < -0.3 is 27.9 Å². The van der Waals surface area contributed by atoms with Crippen LogP contribution in [-0.4, -0.2) is 70.0 Å². The van der Waals surface area contributed by atoms with E-state index < -0.39 is 26.5 Å². The number of allylic oxidation sites excluding steroid dienone is 4. The van der Waals surface area contributed by atoms with E-state index in [1.165, 1.54) is 148 Å². The second-order valence-electron chi connectivity index (χ2n) is 18.2. The van der Waals surface area contributed by atoms with Gasteiger partial charge in [0.15, 0.2) is 6.10 Å². The van der Waals surface area contributed by atoms with Crippen molar-refractivity contribution in [3.63, 3.8) is 0 Å². The third-order valence-electron chi connectivity index (χ3n) is 11.0. The predicted octanol–water partition coefficient (Wildman–Crippen LogP) is 14.1. The van der Waals surface area contributed by atoms with E-state index in [1.54, 1.807) is 0 Å². The Bertz CT molecular complexity index is 1070. The van der Waals surface area contributed by atoms with Crippen LogP contribution in [0.1, 0.15) is 232 Å². The van der Waals surface area contributed by atoms with Gasteiger partial charge >= 0.3 is 11.9 Å². The fraction of sp³-hybridized carbons (Fsp3) is 0.880. The number of nitrogens with zero attached hydrogens (tertiary/aromatic N) is 1. The fourth-order valence-electron chi connectivity index (χ4n) is 7.04. The first-order valence-corrected chi connectivity index (χ1v) is 26.5. The Morgan fingerprint density at radius 1 is 0.517 bits per heavy atom. The normalized spacial score (nSPS) is 13.6. The maximum absolute atomic E-state index is 12.7. The number of carbonyl (C=O) groups is 2. The molecule has 0 aromatic rings. The van der Waals surface area contributed by atoms with Crippen LogP contribution in [0, 0.1) is 0 Å². The molecule has 0 saturated heterocycles. The lowest BCUT2D eigenvalue weighted by Crippen LogP contribution is -2.37. The van der Waals surface area contributed by atoms with E-state index in [2.05, 4.69) is 38.2 Å². The standard InChI is InChI=1S/C50H96NO8P/c1-6-8-10-12-14-16-18-20-22-23-24-25-26-27-29-31-33-35-37-39-41-43-50(53)59-48(47-58-60(54,55)57-45-44-51(3,4)5)46-56-49(52)42-40-38-36-34-32-30-28-21-19-17-15-13-11-9-7-2/h18,20,23-24,48H,6-17,19,21-22,25-47H2,1-5H3/b20-18-,24-23-. The molecule has 2 unspecified atom stereocenters. The number of esters is 2. The minimum absolute atomic E-state index is 0.0295. The first kappa shape index (κ1) is 58.5. The first-order chi connectivity index (χ1) is 29.0. The van der Waals surface area contributed by atoms with E-state index >= 15 is 0 Å². The number of hydrogen-bond acceptors (Lipinski definition) is 8. The Balaban J connectivity index is 4.25. The average molecular weight is 870 g/mol. The van der Waals surface area contributed by atoms with Gasteiger partial charge in [0.05, 0.1) is 27.7 Å². The molecule has 0 bridgehead atoms. The topological polar surface area (TPSA) is 111 Å². The third-order valence-corrected chi connectivity index (χ3v) is 11.9. The lowest BCUT2D eigenvalue weighted by atomic mass is 10.0. The van der Waals surface area contributed by atoms with Crippen LogP contribution in [0.3, 0.4) is 0 Å². The summed E-state index contributed by atoms with van der Waals surface area (Å²) in [6.07, 6.45) is 47.7. The Hall–Kier alpha value is -1.51. The van der Waals surface area contributed by atoms with Gasteiger partial charge in [0.2, 0.25) is 0 Å². The van der Waals surface area contributed by atoms with Gasteiger partial charge in [-0.05, 0) is 44.9 Å². The molecule has 10 heteroatoms. The molecule has 0 spiro atoms. The highest BCUT2D eigenvalue weighted by atomic mass is 31.2. The molecule has 0 rings (SSSR count). The molecule has 0 aromatic carbocycles. The monoisotopic (exact) mass is 870 g/mol. The Labute approximate surface area is 370 Å². The lowest BCUT2D eigenvalue weighted by molar-refractivity contribution is -0.870. The number of hydrogen-bond donors (Lipinski definition) is 0. The number of carbonyl (C=O) groups excluding carboxylic acids is 2. The number of unbranched alkanes of at least 4 members (excludes halogenated alkanes) is 28. The van der Waals surface area contributed by atoms with E-state index in [0.29, 0.717) is 17.4 Å². The fourth-order valence-corrected chi connectivity index (χ4v) is 7.77. The van der Waals surface area contributed by atoms with E-state index in [1.807, 2.05) is 21.1 Å². The number of ether oxygens (including phenoxy) is 2. The van der Waals surface area contributed by atoms with E-state index in [-0.39, 0.29) is 32.0 Å². The van der Waals surface area contributed by atoms with Crippen LogP contribution in [0.15, 0.2) is 24.3 Å². The van der Waals surface area contributed by atoms with Crippen LogP contribution in [0.2, 0.25) is 0 Å². The largest absolute Gasteiger partial charge is 0.756 e. The Kier molecular flexibility index (Phi) is 41.7. The van der Waals surface area contributed by atoms with Crippen LogP contribution in [-0.2, 0) is 32.7 Å². The van der Waals surface area contributed by atoms with E-state index in [4.69, 9.17) is 18.5 Å². The molecule has 2 atom stereocenters. The van der Waals surface area contributed by atoms with Crippen molar-refractivity contribution in [3.05, 3.63) is 24.3 Å². The summed E-state index contributed by atoms with van der Waals surface area (Å²) in [4.78, 5) is 37.7. The van der Waals surface area contributed by atoms with Gasteiger partial charge in [-0.1, -0.05) is 199 Å². The summed E-state index contributed by atoms with van der Waals surface area (Å²) in [5.74, 6) is -0.828. The van der Waals surface area contributed by atoms with Gasteiger partial charge in [0.1, 0.15) is 19.8 Å².